The number of hydrogen-bond donors (Lipinski definition) is 0. The highest BCUT2D eigenvalue weighted by molar-refractivity contribution is 9.15. The van der Waals surface area contributed by atoms with Crippen LogP contribution in [0.5, 0.6) is 0 Å². The van der Waals surface area contributed by atoms with Crippen LogP contribution in [0.1, 0.15) is 11.3 Å². The van der Waals surface area contributed by atoms with Crippen molar-refractivity contribution < 1.29 is 4.42 Å². The van der Waals surface area contributed by atoms with E-state index in [0.29, 0.717) is 0 Å². The van der Waals surface area contributed by atoms with Crippen LogP contribution in [0.3, 0.4) is 0 Å². The largest absolute Gasteiger partial charge is 0.395 e. The smallest absolute Gasteiger partial charge is 0.264 e. The van der Waals surface area contributed by atoms with E-state index in [1.807, 2.05) is 30.4 Å². The van der Waals surface area contributed by atoms with Crippen molar-refractivity contribution in [3.05, 3.63) is 47.7 Å². The monoisotopic (exact) mass is 245 g/mol. The van der Waals surface area contributed by atoms with Crippen LogP contribution in [-0.2, 0) is 0 Å². The maximum absolute atomic E-state index is 5.71. The highest BCUT2D eigenvalue weighted by Crippen LogP contribution is 2.36. The second-order valence-electron chi connectivity index (χ2n) is 3.13. The van der Waals surface area contributed by atoms with Gasteiger partial charge >= 0.3 is 0 Å². The number of hydrogen-bond acceptors (Lipinski definition) is 1. The van der Waals surface area contributed by atoms with Crippen molar-refractivity contribution in [2.75, 3.05) is 0 Å². The number of rotatable bonds is 0. The molecular weight excluding hydrogens is 240 g/mol. The molecule has 0 spiro atoms. The molecule has 0 atom stereocenters. The molecule has 2 heteroatoms. The second kappa shape index (κ2) is 2.81. The molecule has 0 aliphatic heterocycles. The van der Waals surface area contributed by atoms with Gasteiger partial charge in [0.1, 0.15) is 11.6 Å². The third-order valence-corrected chi connectivity index (χ3v) is 2.88. The summed E-state index contributed by atoms with van der Waals surface area (Å²) in [5.74, 6) is 0.869. The van der Waals surface area contributed by atoms with Gasteiger partial charge in [-0.1, -0.05) is 12.1 Å². The first kappa shape index (κ1) is 7.98. The fourth-order valence-corrected chi connectivity index (χ4v) is 2.08. The van der Waals surface area contributed by atoms with Crippen LogP contribution in [0.4, 0.5) is 0 Å². The molecule has 0 bridgehead atoms. The van der Waals surface area contributed by atoms with Crippen molar-refractivity contribution >= 4 is 37.5 Å². The molecule has 0 saturated heterocycles. The number of benzene rings is 1. The van der Waals surface area contributed by atoms with E-state index >= 15 is 0 Å². The van der Waals surface area contributed by atoms with Gasteiger partial charge in [-0.15, -0.1) is 0 Å². The standard InChI is InChI=1S/C12H6BrO/c13-10-6-3-5-9-8-4-1-2-7-11(8)14-12(9)10/h1-5,7H/q+1. The number of halogens is 1. The van der Waals surface area contributed by atoms with Gasteiger partial charge < -0.3 is 4.42 Å². The summed E-state index contributed by atoms with van der Waals surface area (Å²) in [5, 5.41) is 1.15. The molecule has 1 heterocycles. The second-order valence-corrected chi connectivity index (χ2v) is 3.93. The maximum atomic E-state index is 5.71. The van der Waals surface area contributed by atoms with E-state index in [9.17, 15) is 0 Å². The average Bonchev–Trinajstić information content (AvgIpc) is 2.59. The van der Waals surface area contributed by atoms with Crippen LogP contribution in [0.2, 0.25) is 0 Å². The molecule has 0 N–H and O–H groups in total. The highest BCUT2D eigenvalue weighted by Gasteiger charge is 2.24. The predicted molar refractivity (Wildman–Crippen MR) is 60.8 cm³/mol. The van der Waals surface area contributed by atoms with Gasteiger partial charge in [0.15, 0.2) is 5.58 Å². The van der Waals surface area contributed by atoms with Gasteiger partial charge in [0.05, 0.1) is 17.5 Å². The lowest BCUT2D eigenvalue weighted by Crippen LogP contribution is -1.81. The molecule has 1 aliphatic carbocycles. The summed E-state index contributed by atoms with van der Waals surface area (Å²) in [5.41, 5.74) is 2.05. The molecule has 1 aromatic carbocycles. The lowest BCUT2D eigenvalue weighted by Gasteiger charge is -1.88. The van der Waals surface area contributed by atoms with Crippen LogP contribution in [-0.4, -0.2) is 0 Å². The Hall–Kier alpha value is -1.37. The van der Waals surface area contributed by atoms with E-state index in [1.54, 1.807) is 0 Å². The quantitative estimate of drug-likeness (QED) is 0.640. The average molecular weight is 246 g/mol. The Morgan fingerprint density at radius 1 is 1.21 bits per heavy atom. The van der Waals surface area contributed by atoms with E-state index < -0.39 is 0 Å². The Morgan fingerprint density at radius 3 is 3.00 bits per heavy atom. The molecule has 2 aromatic rings. The number of para-hydroxylation sites is 1. The Morgan fingerprint density at radius 2 is 2.07 bits per heavy atom. The van der Waals surface area contributed by atoms with Crippen molar-refractivity contribution in [1.29, 1.82) is 0 Å². The summed E-state index contributed by atoms with van der Waals surface area (Å²) < 4.78 is 6.59. The zero-order valence-corrected chi connectivity index (χ0v) is 8.84. The van der Waals surface area contributed by atoms with E-state index in [2.05, 4.69) is 28.1 Å². The normalized spacial score (nSPS) is 13.6. The van der Waals surface area contributed by atoms with Crippen LogP contribution < -0.4 is 0 Å². The molecule has 14 heavy (non-hydrogen) atoms. The van der Waals surface area contributed by atoms with Crippen molar-refractivity contribution in [2.45, 2.75) is 0 Å². The lowest BCUT2D eigenvalue weighted by atomic mass is 10.1. The van der Waals surface area contributed by atoms with E-state index in [0.717, 1.165) is 26.8 Å². The minimum Gasteiger partial charge on any atom is -0.395 e. The number of allylic oxidation sites excluding steroid dienone is 2. The van der Waals surface area contributed by atoms with Gasteiger partial charge in [0.2, 0.25) is 4.48 Å². The third kappa shape index (κ3) is 0.985. The minimum absolute atomic E-state index is 0.869. The van der Waals surface area contributed by atoms with Crippen LogP contribution in [0, 0.1) is 6.08 Å². The van der Waals surface area contributed by atoms with Crippen LogP contribution >= 0.6 is 15.9 Å². The SMILES string of the molecule is BrC1=[C+]C=Cc2c1oc1ccccc21. The van der Waals surface area contributed by atoms with Gasteiger partial charge in [-0.3, -0.25) is 0 Å². The summed E-state index contributed by atoms with van der Waals surface area (Å²) >= 11 is 3.43. The first-order valence-corrected chi connectivity index (χ1v) is 5.13. The van der Waals surface area contributed by atoms with Crippen molar-refractivity contribution in [2.24, 2.45) is 0 Å². The van der Waals surface area contributed by atoms with Gasteiger partial charge in [-0.25, -0.2) is 0 Å². The molecule has 0 unspecified atom stereocenters. The number of furan rings is 1. The molecule has 0 amide bonds. The topological polar surface area (TPSA) is 13.1 Å². The van der Waals surface area contributed by atoms with E-state index in [4.69, 9.17) is 4.42 Å². The molecule has 1 aliphatic rings. The molecular formula is C12H6BrO+. The van der Waals surface area contributed by atoms with E-state index in [-0.39, 0.29) is 0 Å². The molecule has 0 saturated carbocycles. The molecule has 1 nitrogen and oxygen atoms in total. The minimum atomic E-state index is 0.869. The van der Waals surface area contributed by atoms with Gasteiger partial charge in [0.25, 0.3) is 5.76 Å². The Labute approximate surface area is 89.8 Å². The maximum Gasteiger partial charge on any atom is 0.264 e. The first-order chi connectivity index (χ1) is 6.86. The van der Waals surface area contributed by atoms with Crippen LogP contribution in [0.15, 0.2) is 34.8 Å². The fraction of sp³-hybridized carbons (Fsp3) is 0. The Kier molecular flexibility index (Phi) is 1.60. The third-order valence-electron chi connectivity index (χ3n) is 2.29. The first-order valence-electron chi connectivity index (χ1n) is 4.34. The fourth-order valence-electron chi connectivity index (χ4n) is 1.66. The summed E-state index contributed by atoms with van der Waals surface area (Å²) in [6, 6.07) is 8.03. The predicted octanol–water partition coefficient (Wildman–Crippen LogP) is 4.00. The molecule has 66 valence electrons. The molecule has 3 rings (SSSR count). The molecule has 0 radical (unpaired) electrons. The van der Waals surface area contributed by atoms with Gasteiger partial charge in [-0.05, 0) is 28.1 Å². The van der Waals surface area contributed by atoms with Gasteiger partial charge in [0, 0.05) is 0 Å². The van der Waals surface area contributed by atoms with E-state index in [1.165, 1.54) is 0 Å². The van der Waals surface area contributed by atoms with Crippen molar-refractivity contribution in [3.8, 4) is 0 Å². The molecule has 0 fully saturated rings. The zero-order valence-electron chi connectivity index (χ0n) is 7.25. The highest BCUT2D eigenvalue weighted by atomic mass is 79.9. The Bertz CT molecular complexity index is 561. The van der Waals surface area contributed by atoms with Crippen molar-refractivity contribution in [3.63, 3.8) is 0 Å². The lowest BCUT2D eigenvalue weighted by molar-refractivity contribution is 0.602. The summed E-state index contributed by atoms with van der Waals surface area (Å²) in [4.78, 5) is 0. The summed E-state index contributed by atoms with van der Waals surface area (Å²) in [6.07, 6.45) is 6.98. The molecule has 1 aromatic heterocycles. The number of fused-ring (bicyclic) bond motifs is 3. The summed E-state index contributed by atoms with van der Waals surface area (Å²) in [7, 11) is 0. The summed E-state index contributed by atoms with van der Waals surface area (Å²) in [6.45, 7) is 0. The van der Waals surface area contributed by atoms with Gasteiger partial charge in [-0.2, -0.15) is 0 Å². The van der Waals surface area contributed by atoms with Crippen LogP contribution in [0.25, 0.3) is 21.5 Å². The van der Waals surface area contributed by atoms with Crippen molar-refractivity contribution in [1.82, 2.24) is 0 Å². The zero-order chi connectivity index (χ0) is 9.54. The Balaban J connectivity index is 2.46.